The molecular weight excluding hydrogens is 272 g/mol. The van der Waals surface area contributed by atoms with Crippen molar-refractivity contribution in [2.24, 2.45) is 0 Å². The van der Waals surface area contributed by atoms with Crippen LogP contribution in [-0.4, -0.2) is 62.8 Å². The van der Waals surface area contributed by atoms with E-state index in [1.807, 2.05) is 0 Å². The molecule has 2 N–H and O–H groups in total. The van der Waals surface area contributed by atoms with E-state index in [2.05, 4.69) is 15.5 Å². The summed E-state index contributed by atoms with van der Waals surface area (Å²) in [6.45, 7) is 0.769. The molecule has 9 heteroatoms. The Morgan fingerprint density at radius 1 is 1.63 bits per heavy atom. The van der Waals surface area contributed by atoms with Gasteiger partial charge in [0.15, 0.2) is 6.33 Å². The Hall–Kier alpha value is -1.77. The van der Waals surface area contributed by atoms with Crippen LogP contribution in [0.25, 0.3) is 0 Å². The van der Waals surface area contributed by atoms with Gasteiger partial charge in [-0.1, -0.05) is 5.16 Å². The predicted octanol–water partition coefficient (Wildman–Crippen LogP) is -0.176. The SMILES string of the molecule is O=C(O)C1CSCCN1C(=O)NCCc1ncno1. The van der Waals surface area contributed by atoms with Crippen LogP contribution in [0.4, 0.5) is 4.79 Å². The van der Waals surface area contributed by atoms with Gasteiger partial charge in [0.1, 0.15) is 6.04 Å². The van der Waals surface area contributed by atoms with Crippen LogP contribution in [0.15, 0.2) is 10.9 Å². The highest BCUT2D eigenvalue weighted by atomic mass is 32.2. The second-order valence-electron chi connectivity index (χ2n) is 3.94. The molecule has 8 nitrogen and oxygen atoms in total. The van der Waals surface area contributed by atoms with E-state index in [1.165, 1.54) is 23.0 Å². The zero-order valence-corrected chi connectivity index (χ0v) is 10.9. The zero-order chi connectivity index (χ0) is 13.7. The Morgan fingerprint density at radius 2 is 2.47 bits per heavy atom. The van der Waals surface area contributed by atoms with Gasteiger partial charge in [0, 0.05) is 31.0 Å². The van der Waals surface area contributed by atoms with Gasteiger partial charge in [0.05, 0.1) is 0 Å². The third-order valence-corrected chi connectivity index (χ3v) is 3.72. The van der Waals surface area contributed by atoms with Crippen LogP contribution in [0.2, 0.25) is 0 Å². The number of carboxylic acids is 1. The molecule has 1 saturated heterocycles. The van der Waals surface area contributed by atoms with Crippen LogP contribution in [-0.2, 0) is 11.2 Å². The number of thioether (sulfide) groups is 1. The van der Waals surface area contributed by atoms with E-state index in [0.717, 1.165) is 5.75 Å². The maximum atomic E-state index is 11.9. The summed E-state index contributed by atoms with van der Waals surface area (Å²) in [5, 5.41) is 15.2. The lowest BCUT2D eigenvalue weighted by molar-refractivity contribution is -0.141. The van der Waals surface area contributed by atoms with Crippen LogP contribution >= 0.6 is 11.8 Å². The number of urea groups is 1. The Morgan fingerprint density at radius 3 is 3.16 bits per heavy atom. The average molecular weight is 286 g/mol. The average Bonchev–Trinajstić information content (AvgIpc) is 2.91. The van der Waals surface area contributed by atoms with Gasteiger partial charge in [-0.05, 0) is 0 Å². The molecule has 0 saturated carbocycles. The molecule has 0 bridgehead atoms. The molecule has 1 aromatic heterocycles. The first-order chi connectivity index (χ1) is 9.18. The molecule has 1 fully saturated rings. The molecule has 1 atom stereocenters. The molecule has 2 rings (SSSR count). The van der Waals surface area contributed by atoms with E-state index in [4.69, 9.17) is 9.63 Å². The highest BCUT2D eigenvalue weighted by Gasteiger charge is 2.32. The fourth-order valence-corrected chi connectivity index (χ4v) is 2.77. The van der Waals surface area contributed by atoms with Crippen molar-refractivity contribution in [3.05, 3.63) is 12.2 Å². The second kappa shape index (κ2) is 6.41. The lowest BCUT2D eigenvalue weighted by atomic mass is 10.3. The van der Waals surface area contributed by atoms with Gasteiger partial charge in [-0.15, -0.1) is 0 Å². The summed E-state index contributed by atoms with van der Waals surface area (Å²) in [7, 11) is 0. The Labute approximate surface area is 113 Å². The molecule has 1 unspecified atom stereocenters. The smallest absolute Gasteiger partial charge is 0.327 e. The van der Waals surface area contributed by atoms with Crippen molar-refractivity contribution in [1.82, 2.24) is 20.4 Å². The topological polar surface area (TPSA) is 109 Å². The third-order valence-electron chi connectivity index (χ3n) is 2.70. The van der Waals surface area contributed by atoms with Gasteiger partial charge >= 0.3 is 12.0 Å². The lowest BCUT2D eigenvalue weighted by Crippen LogP contribution is -2.54. The molecule has 1 aromatic rings. The number of carboxylic acid groups (broad SMARTS) is 1. The summed E-state index contributed by atoms with van der Waals surface area (Å²) in [4.78, 5) is 28.2. The molecule has 0 radical (unpaired) electrons. The van der Waals surface area contributed by atoms with Gasteiger partial charge in [-0.2, -0.15) is 16.7 Å². The minimum absolute atomic E-state index is 0.330. The molecule has 19 heavy (non-hydrogen) atoms. The first-order valence-corrected chi connectivity index (χ1v) is 6.94. The number of hydrogen-bond donors (Lipinski definition) is 2. The van der Waals surface area contributed by atoms with Crippen molar-refractivity contribution >= 4 is 23.8 Å². The summed E-state index contributed by atoms with van der Waals surface area (Å²) in [5.41, 5.74) is 0. The minimum atomic E-state index is -0.973. The van der Waals surface area contributed by atoms with Gasteiger partial charge in [0.2, 0.25) is 5.89 Å². The summed E-state index contributed by atoms with van der Waals surface area (Å²) in [6.07, 6.45) is 1.71. The second-order valence-corrected chi connectivity index (χ2v) is 5.09. The quantitative estimate of drug-likeness (QED) is 0.790. The van der Waals surface area contributed by atoms with Crippen molar-refractivity contribution < 1.29 is 19.2 Å². The number of aromatic nitrogens is 2. The maximum Gasteiger partial charge on any atom is 0.327 e. The summed E-state index contributed by atoms with van der Waals surface area (Å²) >= 11 is 1.54. The van der Waals surface area contributed by atoms with Crippen molar-refractivity contribution in [2.45, 2.75) is 12.5 Å². The molecule has 2 amide bonds. The molecule has 0 spiro atoms. The zero-order valence-electron chi connectivity index (χ0n) is 10.1. The number of rotatable bonds is 4. The highest BCUT2D eigenvalue weighted by Crippen LogP contribution is 2.16. The molecular formula is C10H14N4O4S. The van der Waals surface area contributed by atoms with Crippen LogP contribution in [0.5, 0.6) is 0 Å². The van der Waals surface area contributed by atoms with E-state index < -0.39 is 12.0 Å². The monoisotopic (exact) mass is 286 g/mol. The summed E-state index contributed by atoms with van der Waals surface area (Å²) in [6, 6.07) is -1.13. The van der Waals surface area contributed by atoms with Crippen molar-refractivity contribution in [3.63, 3.8) is 0 Å². The standard InChI is InChI=1S/C10H14N4O4S/c15-9(16)7-5-19-4-3-14(7)10(17)11-2-1-8-12-6-13-18-8/h6-7H,1-5H2,(H,11,17)(H,15,16). The van der Waals surface area contributed by atoms with Crippen molar-refractivity contribution in [2.75, 3.05) is 24.6 Å². The van der Waals surface area contributed by atoms with Gasteiger partial charge in [0.25, 0.3) is 0 Å². The van der Waals surface area contributed by atoms with Gasteiger partial charge in [-0.3, -0.25) is 0 Å². The van der Waals surface area contributed by atoms with Crippen LogP contribution in [0, 0.1) is 0 Å². The summed E-state index contributed by atoms with van der Waals surface area (Å²) in [5.74, 6) is 0.635. The molecule has 1 aliphatic rings. The van der Waals surface area contributed by atoms with E-state index >= 15 is 0 Å². The minimum Gasteiger partial charge on any atom is -0.480 e. The Balaban J connectivity index is 1.82. The normalized spacial score (nSPS) is 19.2. The van der Waals surface area contributed by atoms with Crippen LogP contribution in [0.1, 0.15) is 5.89 Å². The van der Waals surface area contributed by atoms with Gasteiger partial charge in [-0.25, -0.2) is 9.59 Å². The number of carbonyl (C=O) groups excluding carboxylic acids is 1. The predicted molar refractivity (Wildman–Crippen MR) is 66.9 cm³/mol. The van der Waals surface area contributed by atoms with E-state index in [9.17, 15) is 9.59 Å². The van der Waals surface area contributed by atoms with Crippen molar-refractivity contribution in [1.29, 1.82) is 0 Å². The van der Waals surface area contributed by atoms with Crippen molar-refractivity contribution in [3.8, 4) is 0 Å². The first-order valence-electron chi connectivity index (χ1n) is 5.79. The molecule has 2 heterocycles. The van der Waals surface area contributed by atoms with E-state index in [-0.39, 0.29) is 6.03 Å². The fraction of sp³-hybridized carbons (Fsp3) is 0.600. The van der Waals surface area contributed by atoms with Gasteiger partial charge < -0.3 is 19.8 Å². The number of hydrogen-bond acceptors (Lipinski definition) is 6. The fourth-order valence-electron chi connectivity index (χ4n) is 1.74. The maximum absolute atomic E-state index is 11.9. The highest BCUT2D eigenvalue weighted by molar-refractivity contribution is 7.99. The van der Waals surface area contributed by atoms with Crippen LogP contribution < -0.4 is 5.32 Å². The van der Waals surface area contributed by atoms with E-state index in [1.54, 1.807) is 0 Å². The number of nitrogens with one attached hydrogen (secondary N) is 1. The number of nitrogens with zero attached hydrogens (tertiary/aromatic N) is 3. The third kappa shape index (κ3) is 3.60. The lowest BCUT2D eigenvalue weighted by Gasteiger charge is -2.32. The summed E-state index contributed by atoms with van der Waals surface area (Å²) < 4.78 is 4.80. The largest absolute Gasteiger partial charge is 0.480 e. The van der Waals surface area contributed by atoms with Crippen LogP contribution in [0.3, 0.4) is 0 Å². The number of aliphatic carboxylic acids is 1. The number of carbonyl (C=O) groups is 2. The Kier molecular flexibility index (Phi) is 4.61. The molecule has 0 aromatic carbocycles. The van der Waals surface area contributed by atoms with E-state index in [0.29, 0.717) is 31.2 Å². The number of amides is 2. The Bertz CT molecular complexity index is 439. The molecule has 104 valence electrons. The molecule has 0 aliphatic carbocycles. The molecule has 1 aliphatic heterocycles. The first kappa shape index (κ1) is 13.7.